The highest BCUT2D eigenvalue weighted by atomic mass is 32.2. The highest BCUT2D eigenvalue weighted by Gasteiger charge is 2.43. The topological polar surface area (TPSA) is 43.1 Å². The van der Waals surface area contributed by atoms with Crippen molar-refractivity contribution in [3.05, 3.63) is 124 Å². The van der Waals surface area contributed by atoms with E-state index in [1.165, 1.54) is 11.1 Å². The van der Waals surface area contributed by atoms with Crippen LogP contribution >= 0.6 is 11.8 Å². The number of non-ortho nitro benzene ring substituents is 1. The van der Waals surface area contributed by atoms with Gasteiger partial charge in [0.2, 0.25) is 0 Å². The summed E-state index contributed by atoms with van der Waals surface area (Å²) in [5.41, 5.74) is 3.69. The Morgan fingerprint density at radius 1 is 0.852 bits per heavy atom. The van der Waals surface area contributed by atoms with Crippen molar-refractivity contribution in [3.8, 4) is 0 Å². The van der Waals surface area contributed by atoms with Gasteiger partial charge in [0.1, 0.15) is 0 Å². The van der Waals surface area contributed by atoms with E-state index in [1.54, 1.807) is 12.1 Å². The molecule has 1 aliphatic rings. The van der Waals surface area contributed by atoms with Crippen LogP contribution in [-0.2, 0) is 4.75 Å². The standard InChI is InChI=1S/C23H19NO2S/c25-24(26)21-15-13-18(14-16-21)22-12-7-17-27-23(22,19-8-3-1-4-9-19)20-10-5-2-6-11-20/h1-16,22H,17H2. The molecule has 0 spiro atoms. The molecule has 0 radical (unpaired) electrons. The van der Waals surface area contributed by atoms with E-state index in [0.29, 0.717) is 0 Å². The number of nitro groups is 1. The number of rotatable bonds is 4. The van der Waals surface area contributed by atoms with Crippen LogP contribution < -0.4 is 0 Å². The Bertz CT molecular complexity index is 913. The SMILES string of the molecule is O=[N+]([O-])c1ccc(C2C=CCSC2(c2ccccc2)c2ccccc2)cc1. The third-order valence-electron chi connectivity index (χ3n) is 5.04. The lowest BCUT2D eigenvalue weighted by atomic mass is 9.75. The van der Waals surface area contributed by atoms with Gasteiger partial charge in [0, 0.05) is 23.8 Å². The third-order valence-corrected chi connectivity index (χ3v) is 6.58. The van der Waals surface area contributed by atoms with Gasteiger partial charge in [0.05, 0.1) is 9.67 Å². The molecule has 4 heteroatoms. The smallest absolute Gasteiger partial charge is 0.258 e. The summed E-state index contributed by atoms with van der Waals surface area (Å²) < 4.78 is -0.270. The molecule has 0 bridgehead atoms. The lowest BCUT2D eigenvalue weighted by Crippen LogP contribution is -2.33. The molecule has 1 heterocycles. The second kappa shape index (κ2) is 7.41. The van der Waals surface area contributed by atoms with Crippen molar-refractivity contribution in [2.75, 3.05) is 5.75 Å². The molecule has 1 aliphatic heterocycles. The largest absolute Gasteiger partial charge is 0.269 e. The van der Waals surface area contributed by atoms with Crippen molar-refractivity contribution in [3.63, 3.8) is 0 Å². The quantitative estimate of drug-likeness (QED) is 0.324. The maximum absolute atomic E-state index is 11.0. The van der Waals surface area contributed by atoms with Crippen molar-refractivity contribution in [1.82, 2.24) is 0 Å². The minimum Gasteiger partial charge on any atom is -0.258 e. The molecule has 0 N–H and O–H groups in total. The fraction of sp³-hybridized carbons (Fsp3) is 0.130. The molecule has 4 rings (SSSR count). The van der Waals surface area contributed by atoms with Gasteiger partial charge in [-0.05, 0) is 16.7 Å². The van der Waals surface area contributed by atoms with Crippen LogP contribution in [0.15, 0.2) is 97.1 Å². The summed E-state index contributed by atoms with van der Waals surface area (Å²) >= 11 is 1.91. The van der Waals surface area contributed by atoms with Gasteiger partial charge in [-0.3, -0.25) is 10.1 Å². The van der Waals surface area contributed by atoms with Gasteiger partial charge in [-0.2, -0.15) is 0 Å². The summed E-state index contributed by atoms with van der Waals surface area (Å²) in [7, 11) is 0. The van der Waals surface area contributed by atoms with Crippen molar-refractivity contribution in [1.29, 1.82) is 0 Å². The van der Waals surface area contributed by atoms with Crippen molar-refractivity contribution in [2.24, 2.45) is 0 Å². The van der Waals surface area contributed by atoms with Crippen LogP contribution in [0.3, 0.4) is 0 Å². The van der Waals surface area contributed by atoms with Gasteiger partial charge in [-0.1, -0.05) is 84.9 Å². The van der Waals surface area contributed by atoms with Gasteiger partial charge in [0.25, 0.3) is 5.69 Å². The van der Waals surface area contributed by atoms with E-state index in [2.05, 4.69) is 60.7 Å². The Kier molecular flexibility index (Phi) is 4.82. The first-order valence-electron chi connectivity index (χ1n) is 8.88. The molecule has 0 aliphatic carbocycles. The van der Waals surface area contributed by atoms with E-state index in [4.69, 9.17) is 0 Å². The number of benzene rings is 3. The first kappa shape index (κ1) is 17.6. The fourth-order valence-corrected chi connectivity index (χ4v) is 5.28. The minimum atomic E-state index is -0.350. The fourth-order valence-electron chi connectivity index (χ4n) is 3.81. The van der Waals surface area contributed by atoms with Gasteiger partial charge < -0.3 is 0 Å². The summed E-state index contributed by atoms with van der Waals surface area (Å²) in [5, 5.41) is 11.0. The zero-order valence-corrected chi connectivity index (χ0v) is 15.5. The molecule has 0 saturated carbocycles. The summed E-state index contributed by atoms with van der Waals surface area (Å²) in [6.07, 6.45) is 4.44. The van der Waals surface area contributed by atoms with Crippen LogP contribution in [0, 0.1) is 10.1 Å². The van der Waals surface area contributed by atoms with Gasteiger partial charge in [-0.15, -0.1) is 11.8 Å². The monoisotopic (exact) mass is 373 g/mol. The number of hydrogen-bond donors (Lipinski definition) is 0. The Balaban J connectivity index is 1.90. The zero-order valence-electron chi connectivity index (χ0n) is 14.7. The Morgan fingerprint density at radius 2 is 1.41 bits per heavy atom. The first-order chi connectivity index (χ1) is 13.2. The average Bonchev–Trinajstić information content (AvgIpc) is 2.75. The van der Waals surface area contributed by atoms with Crippen LogP contribution in [0.2, 0.25) is 0 Å². The zero-order chi connectivity index (χ0) is 18.7. The molecule has 0 saturated heterocycles. The maximum atomic E-state index is 11.0. The normalized spacial score (nSPS) is 18.1. The van der Waals surface area contributed by atoms with E-state index in [1.807, 2.05) is 36.0 Å². The second-order valence-corrected chi connectivity index (χ2v) is 7.80. The molecule has 1 atom stereocenters. The second-order valence-electron chi connectivity index (χ2n) is 6.53. The molecule has 0 amide bonds. The van der Waals surface area contributed by atoms with Gasteiger partial charge in [-0.25, -0.2) is 0 Å². The molecule has 134 valence electrons. The van der Waals surface area contributed by atoms with Gasteiger partial charge >= 0.3 is 0 Å². The summed E-state index contributed by atoms with van der Waals surface area (Å²) in [4.78, 5) is 10.7. The summed E-state index contributed by atoms with van der Waals surface area (Å²) in [6.45, 7) is 0. The predicted molar refractivity (Wildman–Crippen MR) is 111 cm³/mol. The van der Waals surface area contributed by atoms with Gasteiger partial charge in [0.15, 0.2) is 0 Å². The lowest BCUT2D eigenvalue weighted by Gasteiger charge is -2.42. The molecule has 27 heavy (non-hydrogen) atoms. The summed E-state index contributed by atoms with van der Waals surface area (Å²) in [5.74, 6) is 1.01. The number of nitrogens with zero attached hydrogens (tertiary/aromatic N) is 1. The highest BCUT2D eigenvalue weighted by Crippen LogP contribution is 2.55. The molecule has 0 aromatic heterocycles. The Hall–Kier alpha value is -2.85. The first-order valence-corrected chi connectivity index (χ1v) is 9.86. The molecular formula is C23H19NO2S. The van der Waals surface area contributed by atoms with E-state index >= 15 is 0 Å². The van der Waals surface area contributed by atoms with Crippen molar-refractivity contribution in [2.45, 2.75) is 10.7 Å². The number of thioether (sulfide) groups is 1. The molecule has 1 unspecified atom stereocenters. The van der Waals surface area contributed by atoms with Crippen LogP contribution in [0.4, 0.5) is 5.69 Å². The predicted octanol–water partition coefficient (Wildman–Crippen LogP) is 5.93. The van der Waals surface area contributed by atoms with Crippen molar-refractivity contribution >= 4 is 17.4 Å². The Labute approximate surface area is 162 Å². The summed E-state index contributed by atoms with van der Waals surface area (Å²) in [6, 6.07) is 28.1. The van der Waals surface area contributed by atoms with E-state index < -0.39 is 0 Å². The molecular weight excluding hydrogens is 354 g/mol. The minimum absolute atomic E-state index is 0.0851. The third kappa shape index (κ3) is 3.17. The van der Waals surface area contributed by atoms with Crippen LogP contribution in [0.5, 0.6) is 0 Å². The van der Waals surface area contributed by atoms with Crippen LogP contribution in [-0.4, -0.2) is 10.7 Å². The average molecular weight is 373 g/mol. The van der Waals surface area contributed by atoms with Crippen LogP contribution in [0.25, 0.3) is 0 Å². The molecule has 0 fully saturated rings. The maximum Gasteiger partial charge on any atom is 0.269 e. The molecule has 3 aromatic carbocycles. The Morgan fingerprint density at radius 3 is 1.93 bits per heavy atom. The van der Waals surface area contributed by atoms with E-state index in [9.17, 15) is 10.1 Å². The molecule has 3 aromatic rings. The van der Waals surface area contributed by atoms with Crippen molar-refractivity contribution < 1.29 is 4.92 Å². The van der Waals surface area contributed by atoms with E-state index in [0.717, 1.165) is 11.3 Å². The lowest BCUT2D eigenvalue weighted by molar-refractivity contribution is -0.384. The number of hydrogen-bond acceptors (Lipinski definition) is 3. The molecule has 3 nitrogen and oxygen atoms in total. The number of allylic oxidation sites excluding steroid dienone is 1. The highest BCUT2D eigenvalue weighted by molar-refractivity contribution is 8.00. The van der Waals surface area contributed by atoms with Crippen LogP contribution in [0.1, 0.15) is 22.6 Å². The number of nitro benzene ring substituents is 1. The van der Waals surface area contributed by atoms with E-state index in [-0.39, 0.29) is 21.3 Å².